The summed E-state index contributed by atoms with van der Waals surface area (Å²) in [6.07, 6.45) is 2.60. The second-order valence-corrected chi connectivity index (χ2v) is 5.11. The molecule has 0 aliphatic carbocycles. The van der Waals surface area contributed by atoms with Crippen molar-refractivity contribution in [2.45, 2.75) is 13.0 Å². The van der Waals surface area contributed by atoms with Gasteiger partial charge in [-0.15, -0.1) is 0 Å². The van der Waals surface area contributed by atoms with Gasteiger partial charge in [0, 0.05) is 11.5 Å². The van der Waals surface area contributed by atoms with Gasteiger partial charge in [0.15, 0.2) is 0 Å². The monoisotopic (exact) mass is 308 g/mol. The quantitative estimate of drug-likeness (QED) is 0.922. The molecule has 0 saturated carbocycles. The Labute approximate surface area is 116 Å². The fourth-order valence-corrected chi connectivity index (χ4v) is 2.63. The first-order valence-electron chi connectivity index (χ1n) is 5.92. The molecule has 3 nitrogen and oxygen atoms in total. The van der Waals surface area contributed by atoms with Crippen molar-refractivity contribution < 1.29 is 4.42 Å². The molecule has 0 saturated heterocycles. The summed E-state index contributed by atoms with van der Waals surface area (Å²) in [5.74, 6) is 0.954. The summed E-state index contributed by atoms with van der Waals surface area (Å²) in [6.45, 7) is 1.43. The Morgan fingerprint density at radius 2 is 2.17 bits per heavy atom. The third kappa shape index (κ3) is 3.15. The lowest BCUT2D eigenvalue weighted by Gasteiger charge is -2.20. The fraction of sp³-hybridized carbons (Fsp3) is 0.286. The third-order valence-electron chi connectivity index (χ3n) is 2.83. The maximum atomic E-state index is 5.56. The lowest BCUT2D eigenvalue weighted by molar-refractivity contribution is 0.507. The standard InChI is InChI=1S/C14H17BrN2O/c1-17(10-12-3-2-8-18-12)14-5-4-11(6-7-16)9-13(14)15/h2-5,8-9H,6-7,10,16H2,1H3. The Kier molecular flexibility index (Phi) is 4.44. The average molecular weight is 309 g/mol. The molecular formula is C14H17BrN2O. The minimum absolute atomic E-state index is 0.675. The molecule has 0 bridgehead atoms. The smallest absolute Gasteiger partial charge is 0.123 e. The van der Waals surface area contributed by atoms with Crippen LogP contribution in [0.2, 0.25) is 0 Å². The predicted molar refractivity (Wildman–Crippen MR) is 77.7 cm³/mol. The van der Waals surface area contributed by atoms with Crippen LogP contribution >= 0.6 is 15.9 Å². The molecule has 0 unspecified atom stereocenters. The number of nitrogens with two attached hydrogens (primary N) is 1. The Balaban J connectivity index is 2.12. The van der Waals surface area contributed by atoms with E-state index < -0.39 is 0 Å². The second-order valence-electron chi connectivity index (χ2n) is 4.26. The molecule has 0 spiro atoms. The van der Waals surface area contributed by atoms with Gasteiger partial charge in [0.25, 0.3) is 0 Å². The van der Waals surface area contributed by atoms with E-state index in [0.717, 1.165) is 28.9 Å². The van der Waals surface area contributed by atoms with Crippen molar-refractivity contribution in [3.63, 3.8) is 0 Å². The predicted octanol–water partition coefficient (Wildman–Crippen LogP) is 3.18. The number of hydrogen-bond acceptors (Lipinski definition) is 3. The molecule has 4 heteroatoms. The van der Waals surface area contributed by atoms with Gasteiger partial charge in [0.2, 0.25) is 0 Å². The zero-order valence-electron chi connectivity index (χ0n) is 10.4. The van der Waals surface area contributed by atoms with E-state index in [-0.39, 0.29) is 0 Å². The summed E-state index contributed by atoms with van der Waals surface area (Å²) in [7, 11) is 2.05. The van der Waals surface area contributed by atoms with Crippen molar-refractivity contribution >= 4 is 21.6 Å². The van der Waals surface area contributed by atoms with E-state index in [1.165, 1.54) is 5.56 Å². The number of hydrogen-bond donors (Lipinski definition) is 1. The van der Waals surface area contributed by atoms with Crippen LogP contribution in [0, 0.1) is 0 Å². The Morgan fingerprint density at radius 1 is 1.33 bits per heavy atom. The first-order valence-corrected chi connectivity index (χ1v) is 6.72. The van der Waals surface area contributed by atoms with Crippen LogP contribution in [0.4, 0.5) is 5.69 Å². The number of nitrogens with zero attached hydrogens (tertiary/aromatic N) is 1. The molecule has 0 aliphatic rings. The van der Waals surface area contributed by atoms with Crippen LogP contribution in [0.15, 0.2) is 45.5 Å². The summed E-state index contributed by atoms with van der Waals surface area (Å²) >= 11 is 3.61. The van der Waals surface area contributed by atoms with E-state index in [4.69, 9.17) is 10.2 Å². The van der Waals surface area contributed by atoms with Crippen molar-refractivity contribution in [3.8, 4) is 0 Å². The maximum Gasteiger partial charge on any atom is 0.123 e. The van der Waals surface area contributed by atoms with Gasteiger partial charge in [0.1, 0.15) is 5.76 Å². The highest BCUT2D eigenvalue weighted by Gasteiger charge is 2.08. The summed E-state index contributed by atoms with van der Waals surface area (Å²) in [4.78, 5) is 2.15. The van der Waals surface area contributed by atoms with E-state index in [9.17, 15) is 0 Å². The maximum absolute atomic E-state index is 5.56. The molecule has 0 amide bonds. The minimum Gasteiger partial charge on any atom is -0.467 e. The highest BCUT2D eigenvalue weighted by atomic mass is 79.9. The summed E-state index contributed by atoms with van der Waals surface area (Å²) in [5.41, 5.74) is 7.96. The molecule has 96 valence electrons. The zero-order chi connectivity index (χ0) is 13.0. The molecule has 1 aromatic carbocycles. The number of furan rings is 1. The first-order chi connectivity index (χ1) is 8.70. The Bertz CT molecular complexity index is 497. The van der Waals surface area contributed by atoms with E-state index in [1.54, 1.807) is 6.26 Å². The molecule has 2 aromatic rings. The highest BCUT2D eigenvalue weighted by molar-refractivity contribution is 9.10. The van der Waals surface area contributed by atoms with E-state index >= 15 is 0 Å². The molecule has 1 aromatic heterocycles. The largest absolute Gasteiger partial charge is 0.467 e. The summed E-state index contributed by atoms with van der Waals surface area (Å²) < 4.78 is 6.44. The SMILES string of the molecule is CN(Cc1ccco1)c1ccc(CCN)cc1Br. The summed E-state index contributed by atoms with van der Waals surface area (Å²) in [5, 5.41) is 0. The van der Waals surface area contributed by atoms with Crippen LogP contribution in [0.3, 0.4) is 0 Å². The van der Waals surface area contributed by atoms with Crippen LogP contribution in [0.1, 0.15) is 11.3 Å². The number of anilines is 1. The lowest BCUT2D eigenvalue weighted by atomic mass is 10.1. The van der Waals surface area contributed by atoms with Gasteiger partial charge < -0.3 is 15.1 Å². The van der Waals surface area contributed by atoms with E-state index in [0.29, 0.717) is 6.54 Å². The highest BCUT2D eigenvalue weighted by Crippen LogP contribution is 2.27. The molecule has 0 atom stereocenters. The van der Waals surface area contributed by atoms with Crippen molar-refractivity contribution in [1.82, 2.24) is 0 Å². The van der Waals surface area contributed by atoms with Crippen molar-refractivity contribution in [1.29, 1.82) is 0 Å². The topological polar surface area (TPSA) is 42.4 Å². The van der Waals surface area contributed by atoms with Crippen LogP contribution < -0.4 is 10.6 Å². The van der Waals surface area contributed by atoms with Gasteiger partial charge in [0.05, 0.1) is 18.5 Å². The molecule has 0 fully saturated rings. The fourth-order valence-electron chi connectivity index (χ4n) is 1.90. The molecule has 0 radical (unpaired) electrons. The van der Waals surface area contributed by atoms with Gasteiger partial charge in [-0.05, 0) is 58.7 Å². The van der Waals surface area contributed by atoms with Crippen LogP contribution in [0.5, 0.6) is 0 Å². The first kappa shape index (κ1) is 13.2. The van der Waals surface area contributed by atoms with Gasteiger partial charge in [-0.1, -0.05) is 6.07 Å². The molecule has 18 heavy (non-hydrogen) atoms. The molecule has 1 heterocycles. The van der Waals surface area contributed by atoms with E-state index in [1.807, 2.05) is 19.2 Å². The van der Waals surface area contributed by atoms with Gasteiger partial charge in [-0.25, -0.2) is 0 Å². The Morgan fingerprint density at radius 3 is 2.78 bits per heavy atom. The van der Waals surface area contributed by atoms with Gasteiger partial charge in [-0.2, -0.15) is 0 Å². The number of halogens is 1. The molecule has 2 N–H and O–H groups in total. The second kappa shape index (κ2) is 6.07. The zero-order valence-corrected chi connectivity index (χ0v) is 12.0. The van der Waals surface area contributed by atoms with Gasteiger partial charge in [-0.3, -0.25) is 0 Å². The normalized spacial score (nSPS) is 10.6. The van der Waals surface area contributed by atoms with Crippen LogP contribution in [0.25, 0.3) is 0 Å². The van der Waals surface area contributed by atoms with Crippen molar-refractivity contribution in [3.05, 3.63) is 52.4 Å². The van der Waals surface area contributed by atoms with Crippen LogP contribution in [-0.4, -0.2) is 13.6 Å². The van der Waals surface area contributed by atoms with Gasteiger partial charge >= 0.3 is 0 Å². The minimum atomic E-state index is 0.675. The molecular weight excluding hydrogens is 292 g/mol. The average Bonchev–Trinajstić information content (AvgIpc) is 2.82. The number of rotatable bonds is 5. The van der Waals surface area contributed by atoms with E-state index in [2.05, 4.69) is 39.0 Å². The third-order valence-corrected chi connectivity index (χ3v) is 3.46. The van der Waals surface area contributed by atoms with Crippen molar-refractivity contribution in [2.24, 2.45) is 5.73 Å². The lowest BCUT2D eigenvalue weighted by Crippen LogP contribution is -2.16. The van der Waals surface area contributed by atoms with Crippen molar-refractivity contribution in [2.75, 3.05) is 18.5 Å². The summed E-state index contributed by atoms with van der Waals surface area (Å²) in [6, 6.07) is 10.2. The Hall–Kier alpha value is -1.26. The molecule has 0 aliphatic heterocycles. The van der Waals surface area contributed by atoms with Crippen LogP contribution in [-0.2, 0) is 13.0 Å². The molecule has 2 rings (SSSR count). The number of benzene rings is 1.